The van der Waals surface area contributed by atoms with Crippen LogP contribution < -0.4 is 5.73 Å². The Morgan fingerprint density at radius 3 is 3.00 bits per heavy atom. The van der Waals surface area contributed by atoms with Crippen molar-refractivity contribution in [2.75, 3.05) is 0 Å². The monoisotopic (exact) mass is 235 g/mol. The molecule has 90 valence electrons. The van der Waals surface area contributed by atoms with Crippen LogP contribution in [0.15, 0.2) is 28.8 Å². The molecule has 0 aliphatic heterocycles. The van der Waals surface area contributed by atoms with Gasteiger partial charge in [0.05, 0.1) is 6.04 Å². The first-order valence-electron chi connectivity index (χ1n) is 5.51. The van der Waals surface area contributed by atoms with Gasteiger partial charge in [0.15, 0.2) is 5.82 Å². The molecular formula is C12H14FN3O. The minimum atomic E-state index is -0.267. The summed E-state index contributed by atoms with van der Waals surface area (Å²) in [6.45, 7) is 1.95. The summed E-state index contributed by atoms with van der Waals surface area (Å²) in [5, 5.41) is 3.82. The van der Waals surface area contributed by atoms with Crippen LogP contribution in [0.3, 0.4) is 0 Å². The quantitative estimate of drug-likeness (QED) is 0.882. The highest BCUT2D eigenvalue weighted by Gasteiger charge is 2.12. The molecule has 2 rings (SSSR count). The van der Waals surface area contributed by atoms with E-state index in [-0.39, 0.29) is 11.9 Å². The van der Waals surface area contributed by atoms with E-state index in [1.165, 1.54) is 12.1 Å². The molecule has 0 bridgehead atoms. The van der Waals surface area contributed by atoms with E-state index < -0.39 is 0 Å². The second kappa shape index (κ2) is 5.05. The van der Waals surface area contributed by atoms with Crippen LogP contribution in [0.1, 0.15) is 36.7 Å². The van der Waals surface area contributed by atoms with Crippen LogP contribution in [0, 0.1) is 5.82 Å². The lowest BCUT2D eigenvalue weighted by Crippen LogP contribution is -2.08. The van der Waals surface area contributed by atoms with Crippen molar-refractivity contribution in [1.82, 2.24) is 10.1 Å². The maximum absolute atomic E-state index is 13.0. The summed E-state index contributed by atoms with van der Waals surface area (Å²) < 4.78 is 18.0. The fourth-order valence-corrected chi connectivity index (χ4v) is 1.49. The van der Waals surface area contributed by atoms with E-state index in [0.717, 1.165) is 12.0 Å². The van der Waals surface area contributed by atoms with Crippen molar-refractivity contribution < 1.29 is 8.91 Å². The molecule has 0 radical (unpaired) electrons. The van der Waals surface area contributed by atoms with E-state index in [4.69, 9.17) is 10.3 Å². The molecule has 2 aromatic rings. The maximum atomic E-state index is 13.0. The van der Waals surface area contributed by atoms with Gasteiger partial charge in [0.25, 0.3) is 0 Å². The molecule has 0 unspecified atom stereocenters. The van der Waals surface area contributed by atoms with E-state index in [9.17, 15) is 4.39 Å². The van der Waals surface area contributed by atoms with Crippen LogP contribution in [-0.4, -0.2) is 10.1 Å². The van der Waals surface area contributed by atoms with E-state index in [0.29, 0.717) is 18.1 Å². The molecule has 0 amide bonds. The van der Waals surface area contributed by atoms with Crippen LogP contribution in [0.4, 0.5) is 4.39 Å². The second-order valence-electron chi connectivity index (χ2n) is 3.87. The zero-order chi connectivity index (χ0) is 12.3. The van der Waals surface area contributed by atoms with Gasteiger partial charge in [-0.1, -0.05) is 24.2 Å². The van der Waals surface area contributed by atoms with Crippen LogP contribution in [0.2, 0.25) is 0 Å². The highest BCUT2D eigenvalue weighted by atomic mass is 19.1. The minimum Gasteiger partial charge on any atom is -0.338 e. The standard InChI is InChI=1S/C12H14FN3O/c1-2-10(14)12-15-11(16-17-12)7-8-4-3-5-9(13)6-8/h3-6,10H,2,7,14H2,1H3/t10-/m0/s1. The fourth-order valence-electron chi connectivity index (χ4n) is 1.49. The lowest BCUT2D eigenvalue weighted by molar-refractivity contribution is 0.348. The van der Waals surface area contributed by atoms with Crippen molar-refractivity contribution in [2.45, 2.75) is 25.8 Å². The Kier molecular flexibility index (Phi) is 3.49. The summed E-state index contributed by atoms with van der Waals surface area (Å²) in [6.07, 6.45) is 1.18. The van der Waals surface area contributed by atoms with Crippen molar-refractivity contribution in [3.8, 4) is 0 Å². The van der Waals surface area contributed by atoms with Crippen molar-refractivity contribution in [2.24, 2.45) is 5.73 Å². The SMILES string of the molecule is CC[C@H](N)c1nc(Cc2cccc(F)c2)no1. The topological polar surface area (TPSA) is 64.9 Å². The molecule has 1 atom stereocenters. The molecule has 1 heterocycles. The number of halogens is 1. The zero-order valence-electron chi connectivity index (χ0n) is 9.56. The average Bonchev–Trinajstić information content (AvgIpc) is 2.76. The summed E-state index contributed by atoms with van der Waals surface area (Å²) in [7, 11) is 0. The van der Waals surface area contributed by atoms with Gasteiger partial charge in [-0.15, -0.1) is 0 Å². The van der Waals surface area contributed by atoms with Gasteiger partial charge in [0.1, 0.15) is 5.82 Å². The molecular weight excluding hydrogens is 221 g/mol. The number of aromatic nitrogens is 2. The van der Waals surface area contributed by atoms with E-state index in [2.05, 4.69) is 10.1 Å². The molecule has 0 aliphatic rings. The largest absolute Gasteiger partial charge is 0.338 e. The van der Waals surface area contributed by atoms with Crippen LogP contribution in [-0.2, 0) is 6.42 Å². The molecule has 0 saturated heterocycles. The molecule has 0 spiro atoms. The summed E-state index contributed by atoms with van der Waals surface area (Å²) in [4.78, 5) is 4.18. The molecule has 1 aromatic heterocycles. The Bertz CT molecular complexity index is 498. The van der Waals surface area contributed by atoms with Crippen molar-refractivity contribution in [1.29, 1.82) is 0 Å². The summed E-state index contributed by atoms with van der Waals surface area (Å²) in [5.41, 5.74) is 6.58. The van der Waals surface area contributed by atoms with Crippen LogP contribution >= 0.6 is 0 Å². The normalized spacial score (nSPS) is 12.6. The molecule has 4 nitrogen and oxygen atoms in total. The first kappa shape index (κ1) is 11.7. The fraction of sp³-hybridized carbons (Fsp3) is 0.333. The molecule has 0 saturated carbocycles. The lowest BCUT2D eigenvalue weighted by Gasteiger charge is -1.99. The number of nitrogens with zero attached hydrogens (tertiary/aromatic N) is 2. The molecule has 0 aliphatic carbocycles. The third-order valence-corrected chi connectivity index (χ3v) is 2.49. The minimum absolute atomic E-state index is 0.233. The number of hydrogen-bond donors (Lipinski definition) is 1. The van der Waals surface area contributed by atoms with Gasteiger partial charge in [-0.25, -0.2) is 4.39 Å². The Hall–Kier alpha value is -1.75. The van der Waals surface area contributed by atoms with Gasteiger partial charge in [-0.3, -0.25) is 0 Å². The Balaban J connectivity index is 2.11. The van der Waals surface area contributed by atoms with Gasteiger partial charge in [-0.05, 0) is 24.1 Å². The molecule has 0 fully saturated rings. The number of benzene rings is 1. The first-order chi connectivity index (χ1) is 8.19. The van der Waals surface area contributed by atoms with E-state index in [1.54, 1.807) is 6.07 Å². The van der Waals surface area contributed by atoms with Crippen molar-refractivity contribution >= 4 is 0 Å². The van der Waals surface area contributed by atoms with Crippen LogP contribution in [0.25, 0.3) is 0 Å². The molecule has 1 aromatic carbocycles. The number of nitrogens with two attached hydrogens (primary N) is 1. The lowest BCUT2D eigenvalue weighted by atomic mass is 10.1. The zero-order valence-corrected chi connectivity index (χ0v) is 9.56. The average molecular weight is 235 g/mol. The predicted molar refractivity (Wildman–Crippen MR) is 60.7 cm³/mol. The summed E-state index contributed by atoms with van der Waals surface area (Å²) >= 11 is 0. The van der Waals surface area contributed by atoms with Gasteiger partial charge in [-0.2, -0.15) is 4.98 Å². The summed E-state index contributed by atoms with van der Waals surface area (Å²) in [5.74, 6) is 0.685. The molecule has 5 heteroatoms. The second-order valence-corrected chi connectivity index (χ2v) is 3.87. The van der Waals surface area contributed by atoms with Gasteiger partial charge in [0.2, 0.25) is 5.89 Å². The van der Waals surface area contributed by atoms with Gasteiger partial charge >= 0.3 is 0 Å². The highest BCUT2D eigenvalue weighted by molar-refractivity contribution is 5.19. The highest BCUT2D eigenvalue weighted by Crippen LogP contribution is 2.13. The van der Waals surface area contributed by atoms with Gasteiger partial charge in [0, 0.05) is 6.42 Å². The molecule has 2 N–H and O–H groups in total. The van der Waals surface area contributed by atoms with E-state index in [1.807, 2.05) is 13.0 Å². The van der Waals surface area contributed by atoms with Gasteiger partial charge < -0.3 is 10.3 Å². The Labute approximate surface area is 98.6 Å². The smallest absolute Gasteiger partial charge is 0.243 e. The maximum Gasteiger partial charge on any atom is 0.243 e. The molecule has 17 heavy (non-hydrogen) atoms. The van der Waals surface area contributed by atoms with Crippen molar-refractivity contribution in [3.05, 3.63) is 47.4 Å². The Morgan fingerprint density at radius 1 is 1.47 bits per heavy atom. The number of rotatable bonds is 4. The van der Waals surface area contributed by atoms with E-state index >= 15 is 0 Å². The summed E-state index contributed by atoms with van der Waals surface area (Å²) in [6, 6.07) is 6.10. The third kappa shape index (κ3) is 2.88. The third-order valence-electron chi connectivity index (χ3n) is 2.49. The Morgan fingerprint density at radius 2 is 2.29 bits per heavy atom. The number of hydrogen-bond acceptors (Lipinski definition) is 4. The predicted octanol–water partition coefficient (Wildman–Crippen LogP) is 2.21. The first-order valence-corrected chi connectivity index (χ1v) is 5.51. The van der Waals surface area contributed by atoms with Crippen LogP contribution in [0.5, 0.6) is 0 Å². The van der Waals surface area contributed by atoms with Crippen molar-refractivity contribution in [3.63, 3.8) is 0 Å².